The molecule has 3 aromatic rings. The van der Waals surface area contributed by atoms with Gasteiger partial charge < -0.3 is 14.5 Å². The smallest absolute Gasteiger partial charge is 0.254 e. The third-order valence-corrected chi connectivity index (χ3v) is 6.75. The van der Waals surface area contributed by atoms with E-state index in [-0.39, 0.29) is 30.6 Å². The van der Waals surface area contributed by atoms with Gasteiger partial charge >= 0.3 is 0 Å². The molecule has 33 heavy (non-hydrogen) atoms. The fraction of sp³-hybridized carbons (Fsp3) is 0.231. The predicted molar refractivity (Wildman–Crippen MR) is 127 cm³/mol. The minimum Gasteiger partial charge on any atom is -0.497 e. The Morgan fingerprint density at radius 1 is 1.24 bits per heavy atom. The van der Waals surface area contributed by atoms with Crippen LogP contribution in [0.15, 0.2) is 72.6 Å². The molecule has 0 aliphatic carbocycles. The minimum atomic E-state index is -0.494. The van der Waals surface area contributed by atoms with Crippen molar-refractivity contribution in [3.63, 3.8) is 0 Å². The van der Waals surface area contributed by atoms with Crippen LogP contribution in [-0.4, -0.2) is 48.4 Å². The van der Waals surface area contributed by atoms with Crippen LogP contribution >= 0.6 is 11.3 Å². The number of thiophene rings is 1. The van der Waals surface area contributed by atoms with Crippen LogP contribution in [0.1, 0.15) is 32.4 Å². The molecule has 2 amide bonds. The molecule has 2 heterocycles. The SMILES string of the molecule is C=CCN(CC(=O)N1CCc2sccc2C1c1ccc(OC)cc1)C(=O)c1cccc(F)c1. The van der Waals surface area contributed by atoms with Crippen molar-refractivity contribution < 1.29 is 18.7 Å². The number of methoxy groups -OCH3 is 1. The van der Waals surface area contributed by atoms with Crippen molar-refractivity contribution in [1.82, 2.24) is 9.80 Å². The molecule has 0 bridgehead atoms. The van der Waals surface area contributed by atoms with Gasteiger partial charge in [-0.15, -0.1) is 17.9 Å². The number of carbonyl (C=O) groups excluding carboxylic acids is 2. The summed E-state index contributed by atoms with van der Waals surface area (Å²) in [7, 11) is 1.62. The van der Waals surface area contributed by atoms with E-state index in [0.29, 0.717) is 6.54 Å². The van der Waals surface area contributed by atoms with Crippen LogP contribution < -0.4 is 4.74 Å². The van der Waals surface area contributed by atoms with E-state index in [0.717, 1.165) is 23.3 Å². The summed E-state index contributed by atoms with van der Waals surface area (Å²) in [4.78, 5) is 31.0. The molecule has 0 spiro atoms. The Balaban J connectivity index is 1.61. The lowest BCUT2D eigenvalue weighted by Crippen LogP contribution is -2.46. The minimum absolute atomic E-state index is 0.118. The lowest BCUT2D eigenvalue weighted by molar-refractivity contribution is -0.133. The van der Waals surface area contributed by atoms with E-state index in [1.165, 1.54) is 28.0 Å². The highest BCUT2D eigenvalue weighted by Crippen LogP contribution is 2.38. The number of ether oxygens (including phenoxy) is 1. The number of nitrogens with zero attached hydrogens (tertiary/aromatic N) is 2. The largest absolute Gasteiger partial charge is 0.497 e. The Morgan fingerprint density at radius 3 is 2.73 bits per heavy atom. The van der Waals surface area contributed by atoms with Crippen LogP contribution in [-0.2, 0) is 11.2 Å². The Morgan fingerprint density at radius 2 is 2.03 bits per heavy atom. The predicted octanol–water partition coefficient (Wildman–Crippen LogP) is 4.70. The molecular weight excluding hydrogens is 439 g/mol. The van der Waals surface area contributed by atoms with Gasteiger partial charge in [-0.1, -0.05) is 24.3 Å². The normalized spacial score (nSPS) is 15.0. The van der Waals surface area contributed by atoms with Crippen LogP contribution in [0, 0.1) is 5.82 Å². The number of benzene rings is 2. The topological polar surface area (TPSA) is 49.9 Å². The average molecular weight is 465 g/mol. The number of hydrogen-bond acceptors (Lipinski definition) is 4. The van der Waals surface area contributed by atoms with E-state index in [1.807, 2.05) is 34.5 Å². The van der Waals surface area contributed by atoms with Crippen molar-refractivity contribution in [2.75, 3.05) is 26.7 Å². The van der Waals surface area contributed by atoms with Gasteiger partial charge in [0.15, 0.2) is 0 Å². The summed E-state index contributed by atoms with van der Waals surface area (Å²) in [6.45, 7) is 4.34. The first-order valence-electron chi connectivity index (χ1n) is 10.7. The van der Waals surface area contributed by atoms with E-state index >= 15 is 0 Å². The summed E-state index contributed by atoms with van der Waals surface area (Å²) in [5, 5.41) is 2.05. The number of hydrogen-bond donors (Lipinski definition) is 0. The zero-order valence-electron chi connectivity index (χ0n) is 18.4. The van der Waals surface area contributed by atoms with Crippen molar-refractivity contribution in [2.24, 2.45) is 0 Å². The fourth-order valence-electron chi connectivity index (χ4n) is 4.16. The van der Waals surface area contributed by atoms with E-state index in [9.17, 15) is 14.0 Å². The second-order valence-corrected chi connectivity index (χ2v) is 8.80. The number of halogens is 1. The fourth-order valence-corrected chi connectivity index (χ4v) is 5.07. The third-order valence-electron chi connectivity index (χ3n) is 5.75. The molecule has 1 unspecified atom stereocenters. The summed E-state index contributed by atoms with van der Waals surface area (Å²) >= 11 is 1.69. The van der Waals surface area contributed by atoms with Gasteiger partial charge in [0.05, 0.1) is 13.2 Å². The van der Waals surface area contributed by atoms with Crippen molar-refractivity contribution in [3.05, 3.63) is 100 Å². The maximum atomic E-state index is 13.7. The highest BCUT2D eigenvalue weighted by atomic mass is 32.1. The first-order valence-corrected chi connectivity index (χ1v) is 11.5. The summed E-state index contributed by atoms with van der Waals surface area (Å²) in [6, 6.07) is 15.0. The quantitative estimate of drug-likeness (QED) is 0.477. The molecule has 1 aromatic heterocycles. The standard InChI is InChI=1S/C26H25FN2O3S/c1-3-13-28(26(31)19-5-4-6-20(27)16-19)17-24(30)29-14-11-23-22(12-15-33-23)25(29)18-7-9-21(32-2)10-8-18/h3-10,12,15-16,25H,1,11,13-14,17H2,2H3. The number of carbonyl (C=O) groups is 2. The lowest BCUT2D eigenvalue weighted by atomic mass is 9.93. The van der Waals surface area contributed by atoms with Crippen molar-refractivity contribution >= 4 is 23.2 Å². The summed E-state index contributed by atoms with van der Waals surface area (Å²) in [5.74, 6) is -0.321. The molecule has 0 saturated carbocycles. The van der Waals surface area contributed by atoms with Crippen LogP contribution in [0.25, 0.3) is 0 Å². The third kappa shape index (κ3) is 4.83. The molecule has 1 aliphatic rings. The Hall–Kier alpha value is -3.45. The van der Waals surface area contributed by atoms with E-state index in [1.54, 1.807) is 30.6 Å². The molecule has 170 valence electrons. The Labute approximate surface area is 196 Å². The monoisotopic (exact) mass is 464 g/mol. The number of fused-ring (bicyclic) bond motifs is 1. The molecule has 1 aliphatic heterocycles. The highest BCUT2D eigenvalue weighted by molar-refractivity contribution is 7.10. The van der Waals surface area contributed by atoms with Crippen LogP contribution in [0.2, 0.25) is 0 Å². The van der Waals surface area contributed by atoms with Crippen LogP contribution in [0.3, 0.4) is 0 Å². The summed E-state index contributed by atoms with van der Waals surface area (Å²) in [6.07, 6.45) is 2.34. The molecule has 0 radical (unpaired) electrons. The van der Waals surface area contributed by atoms with Gasteiger partial charge in [-0.2, -0.15) is 0 Å². The van der Waals surface area contributed by atoms with E-state index < -0.39 is 11.7 Å². The number of amides is 2. The van der Waals surface area contributed by atoms with Crippen LogP contribution in [0.5, 0.6) is 5.75 Å². The maximum absolute atomic E-state index is 13.7. The first kappa shape index (κ1) is 22.7. The van der Waals surface area contributed by atoms with Gasteiger partial charge in [0.2, 0.25) is 5.91 Å². The molecule has 4 rings (SSSR count). The van der Waals surface area contributed by atoms with Gasteiger partial charge in [-0.05, 0) is 59.3 Å². The highest BCUT2D eigenvalue weighted by Gasteiger charge is 2.34. The number of rotatable bonds is 7. The average Bonchev–Trinajstić information content (AvgIpc) is 3.31. The second-order valence-electron chi connectivity index (χ2n) is 7.80. The van der Waals surface area contributed by atoms with Gasteiger partial charge in [0.25, 0.3) is 5.91 Å². The van der Waals surface area contributed by atoms with Gasteiger partial charge in [-0.25, -0.2) is 4.39 Å². The molecule has 0 N–H and O–H groups in total. The molecule has 1 atom stereocenters. The van der Waals surface area contributed by atoms with Crippen molar-refractivity contribution in [3.8, 4) is 5.75 Å². The zero-order chi connectivity index (χ0) is 23.4. The molecule has 5 nitrogen and oxygen atoms in total. The van der Waals surface area contributed by atoms with Gasteiger partial charge in [0, 0.05) is 23.5 Å². The Bertz CT molecular complexity index is 1160. The summed E-state index contributed by atoms with van der Waals surface area (Å²) in [5.41, 5.74) is 2.29. The molecule has 2 aromatic carbocycles. The molecule has 0 fully saturated rings. The van der Waals surface area contributed by atoms with E-state index in [2.05, 4.69) is 12.6 Å². The van der Waals surface area contributed by atoms with Crippen molar-refractivity contribution in [1.29, 1.82) is 0 Å². The second kappa shape index (κ2) is 10.0. The summed E-state index contributed by atoms with van der Waals surface area (Å²) < 4.78 is 18.9. The lowest BCUT2D eigenvalue weighted by Gasteiger charge is -2.37. The Kier molecular flexibility index (Phi) is 6.89. The van der Waals surface area contributed by atoms with Gasteiger partial charge in [0.1, 0.15) is 18.1 Å². The van der Waals surface area contributed by atoms with Gasteiger partial charge in [-0.3, -0.25) is 9.59 Å². The van der Waals surface area contributed by atoms with E-state index in [4.69, 9.17) is 4.74 Å². The zero-order valence-corrected chi connectivity index (χ0v) is 19.2. The maximum Gasteiger partial charge on any atom is 0.254 e. The molecule has 0 saturated heterocycles. The van der Waals surface area contributed by atoms with Crippen LogP contribution in [0.4, 0.5) is 4.39 Å². The first-order chi connectivity index (χ1) is 16.0. The molecular formula is C26H25FN2O3S. The molecule has 7 heteroatoms. The van der Waals surface area contributed by atoms with Crippen molar-refractivity contribution in [2.45, 2.75) is 12.5 Å².